The van der Waals surface area contributed by atoms with Crippen molar-refractivity contribution < 1.29 is 19.7 Å². The van der Waals surface area contributed by atoms with Crippen molar-refractivity contribution in [3.63, 3.8) is 0 Å². The zero-order chi connectivity index (χ0) is 19.7. The number of aliphatic hydroxyl groups excluding tert-OH is 2. The number of amides is 1. The van der Waals surface area contributed by atoms with Crippen molar-refractivity contribution in [3.05, 3.63) is 36.5 Å². The van der Waals surface area contributed by atoms with E-state index in [1.807, 2.05) is 18.2 Å². The third-order valence-electron chi connectivity index (χ3n) is 4.45. The molecule has 1 fully saturated rings. The van der Waals surface area contributed by atoms with Gasteiger partial charge in [0.05, 0.1) is 12.7 Å². The molecule has 5 nitrogen and oxygen atoms in total. The number of nitrogens with one attached hydrogen (secondary N) is 1. The van der Waals surface area contributed by atoms with E-state index < -0.39 is 6.10 Å². The van der Waals surface area contributed by atoms with Gasteiger partial charge in [-0.3, -0.25) is 4.79 Å². The number of rotatable bonds is 16. The van der Waals surface area contributed by atoms with Crippen LogP contribution in [0.5, 0.6) is 0 Å². The molecule has 0 radical (unpaired) electrons. The van der Waals surface area contributed by atoms with Crippen molar-refractivity contribution in [2.45, 2.75) is 83.0 Å². The van der Waals surface area contributed by atoms with Gasteiger partial charge in [0.25, 0.3) is 0 Å². The first-order chi connectivity index (χ1) is 13.2. The highest BCUT2D eigenvalue weighted by Gasteiger charge is 2.42. The largest absolute Gasteiger partial charge is 0.395 e. The minimum absolute atomic E-state index is 0.00400. The monoisotopic (exact) mass is 379 g/mol. The van der Waals surface area contributed by atoms with E-state index in [-0.39, 0.29) is 24.7 Å². The Kier molecular flexibility index (Phi) is 13.7. The summed E-state index contributed by atoms with van der Waals surface area (Å²) in [5.41, 5.74) is 0. The molecule has 3 atom stereocenters. The second-order valence-corrected chi connectivity index (χ2v) is 6.92. The van der Waals surface area contributed by atoms with Crippen molar-refractivity contribution >= 4 is 5.91 Å². The number of ether oxygens (including phenoxy) is 1. The van der Waals surface area contributed by atoms with Crippen molar-refractivity contribution in [2.75, 3.05) is 13.2 Å². The van der Waals surface area contributed by atoms with E-state index in [4.69, 9.17) is 9.84 Å². The summed E-state index contributed by atoms with van der Waals surface area (Å²) in [6.07, 6.45) is 20.6. The molecule has 154 valence electrons. The molecule has 1 rings (SSSR count). The Hall–Kier alpha value is -1.43. The second kappa shape index (κ2) is 15.6. The fourth-order valence-electron chi connectivity index (χ4n) is 2.80. The summed E-state index contributed by atoms with van der Waals surface area (Å²) in [6, 6.07) is 0. The Balaban J connectivity index is 1.94. The van der Waals surface area contributed by atoms with Gasteiger partial charge >= 0.3 is 0 Å². The fourth-order valence-corrected chi connectivity index (χ4v) is 2.80. The summed E-state index contributed by atoms with van der Waals surface area (Å²) in [5, 5.41) is 21.2. The molecule has 1 heterocycles. The second-order valence-electron chi connectivity index (χ2n) is 6.92. The molecule has 1 saturated heterocycles. The molecule has 0 spiro atoms. The van der Waals surface area contributed by atoms with Crippen LogP contribution in [-0.2, 0) is 9.53 Å². The van der Waals surface area contributed by atoms with E-state index >= 15 is 0 Å². The Labute approximate surface area is 164 Å². The van der Waals surface area contributed by atoms with Gasteiger partial charge in [0, 0.05) is 13.0 Å². The van der Waals surface area contributed by atoms with Gasteiger partial charge in [-0.1, -0.05) is 56.2 Å². The topological polar surface area (TPSA) is 82.1 Å². The van der Waals surface area contributed by atoms with Crippen LogP contribution in [-0.4, -0.2) is 47.6 Å². The van der Waals surface area contributed by atoms with Crippen LogP contribution in [0.2, 0.25) is 0 Å². The van der Waals surface area contributed by atoms with Gasteiger partial charge < -0.3 is 20.3 Å². The standard InChI is InChI=1S/C22H37NO4/c1-2-3-15-20-22(27-20)19(25)14-12-10-8-6-4-5-7-9-11-13-16-21(26)23-17-18-24/h6,8-9,11-12,14,19-20,22,24-25H,2-5,7,10,13,15-18H2,1H3,(H,23,26). The Morgan fingerprint density at radius 2 is 1.85 bits per heavy atom. The molecule has 0 aliphatic carbocycles. The quantitative estimate of drug-likeness (QED) is 0.218. The van der Waals surface area contributed by atoms with E-state index in [2.05, 4.69) is 30.5 Å². The van der Waals surface area contributed by atoms with Gasteiger partial charge in [-0.2, -0.15) is 0 Å². The van der Waals surface area contributed by atoms with E-state index in [1.54, 1.807) is 0 Å². The van der Waals surface area contributed by atoms with Crippen LogP contribution < -0.4 is 5.32 Å². The van der Waals surface area contributed by atoms with E-state index in [0.717, 1.165) is 44.9 Å². The van der Waals surface area contributed by atoms with Gasteiger partial charge in [-0.05, 0) is 38.5 Å². The predicted octanol–water partition coefficient (Wildman–Crippen LogP) is 3.42. The summed E-state index contributed by atoms with van der Waals surface area (Å²) in [7, 11) is 0. The number of aliphatic hydroxyl groups is 2. The zero-order valence-corrected chi connectivity index (χ0v) is 16.7. The van der Waals surface area contributed by atoms with Gasteiger partial charge in [-0.15, -0.1) is 0 Å². The number of epoxide rings is 1. The normalized spacial score (nSPS) is 20.7. The number of allylic oxidation sites excluding steroid dienone is 5. The first kappa shape index (κ1) is 23.6. The molecule has 1 amide bonds. The van der Waals surface area contributed by atoms with E-state index in [1.165, 1.54) is 6.42 Å². The van der Waals surface area contributed by atoms with Crippen LogP contribution in [0.25, 0.3) is 0 Å². The van der Waals surface area contributed by atoms with E-state index in [9.17, 15) is 9.90 Å². The maximum absolute atomic E-state index is 11.3. The van der Waals surface area contributed by atoms with Gasteiger partial charge in [0.1, 0.15) is 12.2 Å². The molecule has 1 aliphatic heterocycles. The molecular weight excluding hydrogens is 342 g/mol. The number of hydrogen-bond donors (Lipinski definition) is 3. The first-order valence-corrected chi connectivity index (χ1v) is 10.4. The van der Waals surface area contributed by atoms with Gasteiger partial charge in [-0.25, -0.2) is 0 Å². The minimum atomic E-state index is -0.476. The molecule has 0 aromatic rings. The highest BCUT2D eigenvalue weighted by Crippen LogP contribution is 2.30. The van der Waals surface area contributed by atoms with Crippen LogP contribution in [0.1, 0.15) is 64.7 Å². The molecule has 5 heteroatoms. The third-order valence-corrected chi connectivity index (χ3v) is 4.45. The SMILES string of the molecule is CCCCC1OC1C(O)C=CCC=CCCCC=CCCC(=O)NCCO. The number of hydrogen-bond acceptors (Lipinski definition) is 4. The predicted molar refractivity (Wildman–Crippen MR) is 109 cm³/mol. The molecular formula is C22H37NO4. The molecule has 0 aromatic carbocycles. The highest BCUT2D eigenvalue weighted by molar-refractivity contribution is 5.75. The summed E-state index contributed by atoms with van der Waals surface area (Å²) < 4.78 is 5.50. The maximum atomic E-state index is 11.3. The zero-order valence-electron chi connectivity index (χ0n) is 16.7. The van der Waals surface area contributed by atoms with Crippen LogP contribution in [0.4, 0.5) is 0 Å². The summed E-state index contributed by atoms with van der Waals surface area (Å²) in [5.74, 6) is -0.0143. The molecule has 27 heavy (non-hydrogen) atoms. The number of carbonyl (C=O) groups is 1. The van der Waals surface area contributed by atoms with Crippen LogP contribution >= 0.6 is 0 Å². The summed E-state index contributed by atoms with van der Waals surface area (Å²) in [4.78, 5) is 11.3. The smallest absolute Gasteiger partial charge is 0.220 e. The fraction of sp³-hybridized carbons (Fsp3) is 0.682. The number of carbonyl (C=O) groups excluding carboxylic acids is 1. The Morgan fingerprint density at radius 3 is 2.59 bits per heavy atom. The van der Waals surface area contributed by atoms with Crippen molar-refractivity contribution in [3.8, 4) is 0 Å². The van der Waals surface area contributed by atoms with Gasteiger partial charge in [0.15, 0.2) is 0 Å². The van der Waals surface area contributed by atoms with Crippen molar-refractivity contribution in [2.24, 2.45) is 0 Å². The Morgan fingerprint density at radius 1 is 1.11 bits per heavy atom. The van der Waals surface area contributed by atoms with Crippen molar-refractivity contribution in [1.82, 2.24) is 5.32 Å². The lowest BCUT2D eigenvalue weighted by molar-refractivity contribution is -0.121. The van der Waals surface area contributed by atoms with E-state index in [0.29, 0.717) is 13.0 Å². The lowest BCUT2D eigenvalue weighted by atomic mass is 10.1. The Bertz CT molecular complexity index is 473. The third kappa shape index (κ3) is 12.6. The van der Waals surface area contributed by atoms with Crippen molar-refractivity contribution in [1.29, 1.82) is 0 Å². The average molecular weight is 380 g/mol. The lowest BCUT2D eigenvalue weighted by Crippen LogP contribution is -2.25. The summed E-state index contributed by atoms with van der Waals surface area (Å²) >= 11 is 0. The highest BCUT2D eigenvalue weighted by atomic mass is 16.6. The molecule has 3 N–H and O–H groups in total. The average Bonchev–Trinajstić information content (AvgIpc) is 3.45. The first-order valence-electron chi connectivity index (χ1n) is 10.4. The van der Waals surface area contributed by atoms with Crippen LogP contribution in [0.3, 0.4) is 0 Å². The molecule has 3 unspecified atom stereocenters. The number of unbranched alkanes of at least 4 members (excludes halogenated alkanes) is 3. The van der Waals surface area contributed by atoms with Gasteiger partial charge in [0.2, 0.25) is 5.91 Å². The molecule has 0 saturated carbocycles. The molecule has 0 bridgehead atoms. The van der Waals surface area contributed by atoms with Crippen LogP contribution in [0, 0.1) is 0 Å². The molecule has 1 aliphatic rings. The van der Waals surface area contributed by atoms with Crippen LogP contribution in [0.15, 0.2) is 36.5 Å². The lowest BCUT2D eigenvalue weighted by Gasteiger charge is -2.00. The maximum Gasteiger partial charge on any atom is 0.220 e. The minimum Gasteiger partial charge on any atom is -0.395 e. The molecule has 0 aromatic heterocycles. The summed E-state index contributed by atoms with van der Waals surface area (Å²) in [6.45, 7) is 2.48.